The molecule has 5 heteroatoms. The lowest BCUT2D eigenvalue weighted by atomic mass is 9.39. The van der Waals surface area contributed by atoms with Crippen molar-refractivity contribution in [1.29, 1.82) is 5.26 Å². The van der Waals surface area contributed by atoms with E-state index in [1.807, 2.05) is 0 Å². The largest absolute Gasteiger partial charge is 0.330 e. The molecule has 1 fully saturated rings. The van der Waals surface area contributed by atoms with Crippen molar-refractivity contribution >= 4 is 6.71 Å². The van der Waals surface area contributed by atoms with Crippen molar-refractivity contribution in [1.82, 2.24) is 4.98 Å². The van der Waals surface area contributed by atoms with E-state index < -0.39 is 0 Å². The summed E-state index contributed by atoms with van der Waals surface area (Å²) in [5, 5.41) is 8.89. The van der Waals surface area contributed by atoms with Crippen molar-refractivity contribution in [2.75, 3.05) is 6.54 Å². The predicted octanol–water partition coefficient (Wildman–Crippen LogP) is 1.77. The smallest absolute Gasteiger partial charge is 0.267 e. The monoisotopic (exact) mass is 231 g/mol. The molecule has 2 rings (SSSR count). The Bertz CT molecular complexity index is 436. The van der Waals surface area contributed by atoms with Crippen LogP contribution in [0.15, 0.2) is 18.5 Å². The molecule has 0 bridgehead atoms. The predicted molar refractivity (Wildman–Crippen MR) is 65.1 cm³/mol. The lowest BCUT2D eigenvalue weighted by molar-refractivity contribution is 0.373. The summed E-state index contributed by atoms with van der Waals surface area (Å²) in [7, 11) is 0. The summed E-state index contributed by atoms with van der Waals surface area (Å²) in [6, 6.07) is 1.72. The Morgan fingerprint density at radius 1 is 1.53 bits per heavy atom. The molecule has 88 valence electrons. The van der Waals surface area contributed by atoms with E-state index >= 15 is 0 Å². The highest BCUT2D eigenvalue weighted by atomic mass is 19.1. The van der Waals surface area contributed by atoms with E-state index in [1.165, 1.54) is 6.20 Å². The number of rotatable bonds is 2. The van der Waals surface area contributed by atoms with Gasteiger partial charge < -0.3 is 5.73 Å². The third-order valence-corrected chi connectivity index (χ3v) is 3.86. The van der Waals surface area contributed by atoms with Crippen LogP contribution in [0.5, 0.6) is 0 Å². The van der Waals surface area contributed by atoms with E-state index in [2.05, 4.69) is 11.0 Å². The first-order valence-corrected chi connectivity index (χ1v) is 5.91. The summed E-state index contributed by atoms with van der Waals surface area (Å²) in [6.07, 6.45) is 6.01. The Kier molecular flexibility index (Phi) is 3.44. The SMILES string of the molecule is N#CB1CCC(CN)(c2ccncc2F)CC1. The molecule has 0 aliphatic carbocycles. The number of aromatic nitrogens is 1. The first-order chi connectivity index (χ1) is 8.22. The van der Waals surface area contributed by atoms with E-state index in [-0.39, 0.29) is 17.9 Å². The van der Waals surface area contributed by atoms with Gasteiger partial charge in [0.05, 0.1) is 6.20 Å². The normalized spacial score (nSPS) is 18.8. The maximum absolute atomic E-state index is 13.8. The maximum atomic E-state index is 13.8. The topological polar surface area (TPSA) is 62.7 Å². The Morgan fingerprint density at radius 2 is 2.24 bits per heavy atom. The van der Waals surface area contributed by atoms with Gasteiger partial charge in [-0.15, -0.1) is 0 Å². The highest BCUT2D eigenvalue weighted by molar-refractivity contribution is 6.67. The standard InChI is InChI=1S/C12H15BFN3/c14-11-7-17-6-1-10(11)12(8-15)2-4-13(9-16)5-3-12/h1,6-7H,2-5,8,15H2. The third kappa shape index (κ3) is 2.18. The fraction of sp³-hybridized carbons (Fsp3) is 0.500. The summed E-state index contributed by atoms with van der Waals surface area (Å²) < 4.78 is 13.8. The van der Waals surface area contributed by atoms with Crippen LogP contribution in [-0.2, 0) is 5.41 Å². The van der Waals surface area contributed by atoms with Crippen LogP contribution in [0.3, 0.4) is 0 Å². The van der Waals surface area contributed by atoms with E-state index in [4.69, 9.17) is 11.0 Å². The van der Waals surface area contributed by atoms with Crippen LogP contribution in [0.1, 0.15) is 18.4 Å². The fourth-order valence-electron chi connectivity index (χ4n) is 2.69. The highest BCUT2D eigenvalue weighted by Crippen LogP contribution is 2.39. The Hall–Kier alpha value is -1.41. The van der Waals surface area contributed by atoms with Gasteiger partial charge in [-0.05, 0) is 24.5 Å². The zero-order chi connectivity index (χ0) is 12.3. The second-order valence-corrected chi connectivity index (χ2v) is 4.74. The number of hydrogen-bond donors (Lipinski definition) is 1. The Balaban J connectivity index is 2.28. The summed E-state index contributed by atoms with van der Waals surface area (Å²) in [5.74, 6) is 2.00. The molecule has 3 nitrogen and oxygen atoms in total. The van der Waals surface area contributed by atoms with Crippen molar-refractivity contribution in [2.45, 2.75) is 30.9 Å². The molecule has 2 heterocycles. The van der Waals surface area contributed by atoms with Crippen LogP contribution in [0.25, 0.3) is 0 Å². The molecule has 17 heavy (non-hydrogen) atoms. The lowest BCUT2D eigenvalue weighted by Gasteiger charge is -2.37. The molecular formula is C12H15BFN3. The molecule has 1 saturated heterocycles. The van der Waals surface area contributed by atoms with Gasteiger partial charge in [-0.2, -0.15) is 0 Å². The molecule has 0 saturated carbocycles. The van der Waals surface area contributed by atoms with Crippen molar-refractivity contribution < 1.29 is 4.39 Å². The average molecular weight is 231 g/mol. The van der Waals surface area contributed by atoms with Crippen molar-refractivity contribution in [3.63, 3.8) is 0 Å². The molecule has 2 N–H and O–H groups in total. The zero-order valence-electron chi connectivity index (χ0n) is 9.69. The summed E-state index contributed by atoms with van der Waals surface area (Å²) in [5.41, 5.74) is 6.21. The van der Waals surface area contributed by atoms with Gasteiger partial charge in [0, 0.05) is 24.1 Å². The van der Waals surface area contributed by atoms with Crippen molar-refractivity contribution in [3.8, 4) is 5.97 Å². The number of hydrogen-bond acceptors (Lipinski definition) is 3. The van der Waals surface area contributed by atoms with Crippen molar-refractivity contribution in [2.24, 2.45) is 5.73 Å². The number of nitriles is 1. The minimum absolute atomic E-state index is 0.0968. The van der Waals surface area contributed by atoms with Crippen LogP contribution in [0.4, 0.5) is 4.39 Å². The van der Waals surface area contributed by atoms with Crippen molar-refractivity contribution in [3.05, 3.63) is 29.8 Å². The number of nitrogens with two attached hydrogens (primary N) is 1. The minimum Gasteiger partial charge on any atom is -0.330 e. The van der Waals surface area contributed by atoms with Gasteiger partial charge in [-0.25, -0.2) is 9.65 Å². The quantitative estimate of drug-likeness (QED) is 0.789. The molecule has 0 aromatic carbocycles. The van der Waals surface area contributed by atoms with Gasteiger partial charge in [0.2, 0.25) is 0 Å². The summed E-state index contributed by atoms with van der Waals surface area (Å²) in [6.45, 7) is 0.520. The van der Waals surface area contributed by atoms with Gasteiger partial charge >= 0.3 is 0 Å². The molecule has 1 aromatic heterocycles. The van der Waals surface area contributed by atoms with E-state index in [1.54, 1.807) is 12.3 Å². The van der Waals surface area contributed by atoms with E-state index in [0.717, 1.165) is 25.5 Å². The molecule has 0 radical (unpaired) electrons. The van der Waals surface area contributed by atoms with Gasteiger partial charge in [0.25, 0.3) is 6.71 Å². The summed E-state index contributed by atoms with van der Waals surface area (Å²) >= 11 is 0. The van der Waals surface area contributed by atoms with Gasteiger partial charge in [-0.1, -0.05) is 12.6 Å². The molecule has 1 aromatic rings. The fourth-order valence-corrected chi connectivity index (χ4v) is 2.69. The molecular weight excluding hydrogens is 216 g/mol. The average Bonchev–Trinajstić information content (AvgIpc) is 2.39. The molecule has 0 atom stereocenters. The van der Waals surface area contributed by atoms with Crippen LogP contribution in [-0.4, -0.2) is 18.2 Å². The van der Waals surface area contributed by atoms with Crippen LogP contribution >= 0.6 is 0 Å². The Labute approximate surface area is 101 Å². The minimum atomic E-state index is -0.305. The second-order valence-electron chi connectivity index (χ2n) is 4.74. The zero-order valence-corrected chi connectivity index (χ0v) is 9.69. The molecule has 1 aliphatic heterocycles. The van der Waals surface area contributed by atoms with Crippen LogP contribution < -0.4 is 5.73 Å². The molecule has 0 spiro atoms. The number of nitrogens with zero attached hydrogens (tertiary/aromatic N) is 2. The van der Waals surface area contributed by atoms with E-state index in [9.17, 15) is 4.39 Å². The third-order valence-electron chi connectivity index (χ3n) is 3.86. The van der Waals surface area contributed by atoms with Gasteiger partial charge in [0.1, 0.15) is 5.82 Å². The molecule has 0 unspecified atom stereocenters. The number of pyridine rings is 1. The second kappa shape index (κ2) is 4.85. The van der Waals surface area contributed by atoms with Crippen LogP contribution in [0, 0.1) is 17.0 Å². The highest BCUT2D eigenvalue weighted by Gasteiger charge is 2.38. The Morgan fingerprint density at radius 3 is 2.76 bits per heavy atom. The molecule has 1 aliphatic rings. The van der Waals surface area contributed by atoms with Crippen LogP contribution in [0.2, 0.25) is 12.6 Å². The first-order valence-electron chi connectivity index (χ1n) is 5.91. The molecule has 0 amide bonds. The lowest BCUT2D eigenvalue weighted by Crippen LogP contribution is -2.41. The van der Waals surface area contributed by atoms with E-state index in [0.29, 0.717) is 12.1 Å². The maximum Gasteiger partial charge on any atom is 0.267 e. The first kappa shape index (κ1) is 12.1. The van der Waals surface area contributed by atoms with Gasteiger partial charge in [0.15, 0.2) is 0 Å². The summed E-state index contributed by atoms with van der Waals surface area (Å²) in [4.78, 5) is 3.77. The number of halogens is 1. The van der Waals surface area contributed by atoms with Gasteiger partial charge in [-0.3, -0.25) is 4.98 Å².